The number of aryl methyl sites for hydroxylation is 1. The van der Waals surface area contributed by atoms with Gasteiger partial charge in [-0.15, -0.1) is 0 Å². The van der Waals surface area contributed by atoms with E-state index in [0.717, 1.165) is 24.5 Å². The van der Waals surface area contributed by atoms with Crippen LogP contribution in [0.1, 0.15) is 44.7 Å². The van der Waals surface area contributed by atoms with Crippen LogP contribution in [0, 0.1) is 11.8 Å². The van der Waals surface area contributed by atoms with Gasteiger partial charge in [0.1, 0.15) is 0 Å². The molecule has 0 radical (unpaired) electrons. The largest absolute Gasteiger partial charge is 0.393 e. The topological polar surface area (TPSA) is 33.1 Å². The number of rotatable bonds is 4. The van der Waals surface area contributed by atoms with E-state index in [-0.39, 0.29) is 6.10 Å². The standard InChI is InChI=1S/C15H23NO/c1-12-5-7-13(8-6-12)15(17)10-9-14-4-2-3-11-16-14/h2-4,11-13,15,17H,5-10H2,1H3. The number of aliphatic hydroxyl groups is 1. The van der Waals surface area contributed by atoms with E-state index in [4.69, 9.17) is 0 Å². The second-order valence-electron chi connectivity index (χ2n) is 5.45. The van der Waals surface area contributed by atoms with Crippen LogP contribution in [-0.4, -0.2) is 16.2 Å². The molecule has 0 bridgehead atoms. The van der Waals surface area contributed by atoms with Gasteiger partial charge in [-0.3, -0.25) is 4.98 Å². The Kier molecular flexibility index (Phi) is 4.55. The van der Waals surface area contributed by atoms with E-state index in [1.807, 2.05) is 24.4 Å². The number of hydrogen-bond donors (Lipinski definition) is 1. The van der Waals surface area contributed by atoms with Crippen molar-refractivity contribution in [2.24, 2.45) is 11.8 Å². The van der Waals surface area contributed by atoms with Gasteiger partial charge >= 0.3 is 0 Å². The van der Waals surface area contributed by atoms with Gasteiger partial charge in [0.2, 0.25) is 0 Å². The number of nitrogens with zero attached hydrogens (tertiary/aromatic N) is 1. The first kappa shape index (κ1) is 12.6. The first-order valence-corrected chi connectivity index (χ1v) is 6.83. The average Bonchev–Trinajstić information content (AvgIpc) is 2.38. The Bertz CT molecular complexity index is 317. The Labute approximate surface area is 104 Å². The Hall–Kier alpha value is -0.890. The molecule has 94 valence electrons. The lowest BCUT2D eigenvalue weighted by atomic mass is 9.79. The number of hydrogen-bond acceptors (Lipinski definition) is 2. The lowest BCUT2D eigenvalue weighted by Crippen LogP contribution is -2.25. The first-order chi connectivity index (χ1) is 8.25. The van der Waals surface area contributed by atoms with Crippen LogP contribution in [-0.2, 0) is 6.42 Å². The Balaban J connectivity index is 1.75. The molecule has 0 aromatic carbocycles. The Morgan fingerprint density at radius 3 is 2.71 bits per heavy atom. The van der Waals surface area contributed by atoms with Gasteiger partial charge in [0.05, 0.1) is 6.10 Å². The molecular weight excluding hydrogens is 210 g/mol. The lowest BCUT2D eigenvalue weighted by molar-refractivity contribution is 0.0688. The second-order valence-corrected chi connectivity index (χ2v) is 5.45. The fourth-order valence-electron chi connectivity index (χ4n) is 2.75. The summed E-state index contributed by atoms with van der Waals surface area (Å²) in [7, 11) is 0. The highest BCUT2D eigenvalue weighted by Crippen LogP contribution is 2.31. The van der Waals surface area contributed by atoms with Crippen molar-refractivity contribution >= 4 is 0 Å². The summed E-state index contributed by atoms with van der Waals surface area (Å²) in [6.45, 7) is 2.32. The maximum atomic E-state index is 10.2. The number of aromatic nitrogens is 1. The van der Waals surface area contributed by atoms with Crippen molar-refractivity contribution in [3.8, 4) is 0 Å². The average molecular weight is 233 g/mol. The summed E-state index contributed by atoms with van der Waals surface area (Å²) in [4.78, 5) is 4.30. The zero-order chi connectivity index (χ0) is 12.1. The molecule has 2 heteroatoms. The van der Waals surface area contributed by atoms with E-state index in [1.54, 1.807) is 0 Å². The molecular formula is C15H23NO. The minimum Gasteiger partial charge on any atom is -0.393 e. The molecule has 17 heavy (non-hydrogen) atoms. The summed E-state index contributed by atoms with van der Waals surface area (Å²) in [5.74, 6) is 1.38. The third kappa shape index (κ3) is 3.81. The monoisotopic (exact) mass is 233 g/mol. The van der Waals surface area contributed by atoms with Gasteiger partial charge in [-0.2, -0.15) is 0 Å². The first-order valence-electron chi connectivity index (χ1n) is 6.83. The van der Waals surface area contributed by atoms with Gasteiger partial charge in [0.15, 0.2) is 0 Å². The van der Waals surface area contributed by atoms with Crippen molar-refractivity contribution in [3.63, 3.8) is 0 Å². The van der Waals surface area contributed by atoms with Crippen LogP contribution >= 0.6 is 0 Å². The molecule has 0 saturated heterocycles. The van der Waals surface area contributed by atoms with Crippen LogP contribution in [0.4, 0.5) is 0 Å². The molecule has 2 rings (SSSR count). The summed E-state index contributed by atoms with van der Waals surface area (Å²) in [6.07, 6.45) is 8.41. The highest BCUT2D eigenvalue weighted by atomic mass is 16.3. The van der Waals surface area contributed by atoms with E-state index in [1.165, 1.54) is 25.7 Å². The van der Waals surface area contributed by atoms with Crippen LogP contribution in [0.2, 0.25) is 0 Å². The highest BCUT2D eigenvalue weighted by molar-refractivity contribution is 5.03. The predicted molar refractivity (Wildman–Crippen MR) is 69.7 cm³/mol. The third-order valence-electron chi connectivity index (χ3n) is 4.03. The normalized spacial score (nSPS) is 26.7. The third-order valence-corrected chi connectivity index (χ3v) is 4.03. The minimum atomic E-state index is -0.135. The molecule has 0 amide bonds. The van der Waals surface area contributed by atoms with Crippen molar-refractivity contribution in [1.29, 1.82) is 0 Å². The van der Waals surface area contributed by atoms with Crippen molar-refractivity contribution in [2.45, 2.75) is 51.6 Å². The summed E-state index contributed by atoms with van der Waals surface area (Å²) < 4.78 is 0. The maximum Gasteiger partial charge on any atom is 0.0572 e. The molecule has 1 aromatic heterocycles. The lowest BCUT2D eigenvalue weighted by Gasteiger charge is -2.29. The SMILES string of the molecule is CC1CCC(C(O)CCc2ccccn2)CC1. The Morgan fingerprint density at radius 1 is 1.29 bits per heavy atom. The number of aliphatic hydroxyl groups excluding tert-OH is 1. The maximum absolute atomic E-state index is 10.2. The van der Waals surface area contributed by atoms with Gasteiger partial charge in [0.25, 0.3) is 0 Å². The van der Waals surface area contributed by atoms with Crippen LogP contribution in [0.3, 0.4) is 0 Å². The minimum absolute atomic E-state index is 0.135. The Morgan fingerprint density at radius 2 is 2.06 bits per heavy atom. The second kappa shape index (κ2) is 6.15. The van der Waals surface area contributed by atoms with Gasteiger partial charge in [-0.05, 0) is 49.7 Å². The van der Waals surface area contributed by atoms with Gasteiger partial charge in [-0.1, -0.05) is 25.8 Å². The van der Waals surface area contributed by atoms with Crippen molar-refractivity contribution in [3.05, 3.63) is 30.1 Å². The molecule has 1 saturated carbocycles. The molecule has 1 heterocycles. The van der Waals surface area contributed by atoms with E-state index in [2.05, 4.69) is 11.9 Å². The molecule has 1 aromatic rings. The van der Waals surface area contributed by atoms with Crippen LogP contribution < -0.4 is 0 Å². The van der Waals surface area contributed by atoms with Gasteiger partial charge in [0, 0.05) is 11.9 Å². The zero-order valence-corrected chi connectivity index (χ0v) is 10.7. The van der Waals surface area contributed by atoms with Crippen LogP contribution in [0.15, 0.2) is 24.4 Å². The fraction of sp³-hybridized carbons (Fsp3) is 0.667. The van der Waals surface area contributed by atoms with E-state index in [9.17, 15) is 5.11 Å². The zero-order valence-electron chi connectivity index (χ0n) is 10.7. The fourth-order valence-corrected chi connectivity index (χ4v) is 2.75. The van der Waals surface area contributed by atoms with Crippen molar-refractivity contribution < 1.29 is 5.11 Å². The molecule has 1 N–H and O–H groups in total. The van der Waals surface area contributed by atoms with E-state index >= 15 is 0 Å². The van der Waals surface area contributed by atoms with Crippen molar-refractivity contribution in [1.82, 2.24) is 4.98 Å². The quantitative estimate of drug-likeness (QED) is 0.866. The molecule has 0 spiro atoms. The summed E-state index contributed by atoms with van der Waals surface area (Å²) in [6, 6.07) is 5.98. The summed E-state index contributed by atoms with van der Waals surface area (Å²) in [5, 5.41) is 10.2. The smallest absolute Gasteiger partial charge is 0.0572 e. The van der Waals surface area contributed by atoms with Crippen molar-refractivity contribution in [2.75, 3.05) is 0 Å². The van der Waals surface area contributed by atoms with E-state index < -0.39 is 0 Å². The molecule has 1 aliphatic carbocycles. The number of pyridine rings is 1. The molecule has 2 nitrogen and oxygen atoms in total. The molecule has 0 aliphatic heterocycles. The summed E-state index contributed by atoms with van der Waals surface area (Å²) in [5.41, 5.74) is 1.09. The predicted octanol–water partition coefficient (Wildman–Crippen LogP) is 3.20. The molecule has 1 unspecified atom stereocenters. The van der Waals surface area contributed by atoms with Gasteiger partial charge < -0.3 is 5.11 Å². The van der Waals surface area contributed by atoms with Crippen LogP contribution in [0.25, 0.3) is 0 Å². The van der Waals surface area contributed by atoms with Crippen LogP contribution in [0.5, 0.6) is 0 Å². The highest BCUT2D eigenvalue weighted by Gasteiger charge is 2.24. The molecule has 1 fully saturated rings. The molecule has 1 atom stereocenters. The van der Waals surface area contributed by atoms with Gasteiger partial charge in [-0.25, -0.2) is 0 Å². The van der Waals surface area contributed by atoms with E-state index in [0.29, 0.717) is 5.92 Å². The summed E-state index contributed by atoms with van der Waals surface area (Å²) >= 11 is 0. The molecule has 1 aliphatic rings.